The first kappa shape index (κ1) is 20.7. The van der Waals surface area contributed by atoms with Crippen LogP contribution in [0.1, 0.15) is 85.0 Å². The molecule has 0 spiro atoms. The molecule has 10 atom stereocenters. The molecule has 4 nitrogen and oxygen atoms in total. The van der Waals surface area contributed by atoms with Gasteiger partial charge in [-0.15, -0.1) is 0 Å². The molecular formula is C24H40O4. The van der Waals surface area contributed by atoms with E-state index in [0.717, 1.165) is 38.5 Å². The van der Waals surface area contributed by atoms with Gasteiger partial charge < -0.3 is 15.3 Å². The lowest BCUT2D eigenvalue weighted by molar-refractivity contribution is -0.175. The summed E-state index contributed by atoms with van der Waals surface area (Å²) in [7, 11) is 0. The largest absolute Gasteiger partial charge is 0.481 e. The molecule has 0 aromatic heterocycles. The zero-order valence-corrected chi connectivity index (χ0v) is 17.9. The zero-order valence-electron chi connectivity index (χ0n) is 17.9. The van der Waals surface area contributed by atoms with E-state index in [0.29, 0.717) is 35.5 Å². The van der Waals surface area contributed by atoms with Crippen molar-refractivity contribution in [2.24, 2.45) is 46.3 Å². The van der Waals surface area contributed by atoms with Gasteiger partial charge in [0.2, 0.25) is 0 Å². The van der Waals surface area contributed by atoms with Crippen LogP contribution in [0.25, 0.3) is 0 Å². The number of hydrogen-bond donors (Lipinski definition) is 3. The second kappa shape index (κ2) is 7.27. The number of rotatable bonds is 4. The smallest absolute Gasteiger partial charge is 0.303 e. The maximum atomic E-state index is 11.5. The van der Waals surface area contributed by atoms with Crippen LogP contribution in [-0.4, -0.2) is 33.5 Å². The first-order valence-corrected chi connectivity index (χ1v) is 11.8. The summed E-state index contributed by atoms with van der Waals surface area (Å²) in [4.78, 5) is 11.1. The van der Waals surface area contributed by atoms with Crippen molar-refractivity contribution < 1.29 is 20.1 Å². The fourth-order valence-electron chi connectivity index (χ4n) is 8.71. The topological polar surface area (TPSA) is 77.8 Å². The Labute approximate surface area is 170 Å². The van der Waals surface area contributed by atoms with Crippen molar-refractivity contribution in [3.8, 4) is 0 Å². The summed E-state index contributed by atoms with van der Waals surface area (Å²) >= 11 is 0. The van der Waals surface area contributed by atoms with E-state index in [2.05, 4.69) is 20.8 Å². The first-order chi connectivity index (χ1) is 13.2. The molecule has 4 fully saturated rings. The fourth-order valence-corrected chi connectivity index (χ4v) is 8.71. The Kier molecular flexibility index (Phi) is 5.36. The molecule has 0 heterocycles. The Morgan fingerprint density at radius 2 is 1.79 bits per heavy atom. The third-order valence-corrected chi connectivity index (χ3v) is 10.3. The third-order valence-electron chi connectivity index (χ3n) is 10.3. The molecule has 4 aliphatic rings. The van der Waals surface area contributed by atoms with Gasteiger partial charge >= 0.3 is 5.97 Å². The minimum atomic E-state index is -0.707. The molecule has 0 radical (unpaired) electrons. The summed E-state index contributed by atoms with van der Waals surface area (Å²) in [5, 5.41) is 30.8. The molecular weight excluding hydrogens is 352 g/mol. The predicted octanol–water partition coefficient (Wildman–Crippen LogP) is 4.48. The molecule has 0 aromatic rings. The van der Waals surface area contributed by atoms with E-state index in [1.54, 1.807) is 0 Å². The van der Waals surface area contributed by atoms with Crippen LogP contribution in [-0.2, 0) is 4.79 Å². The molecule has 160 valence electrons. The van der Waals surface area contributed by atoms with Gasteiger partial charge in [-0.3, -0.25) is 4.79 Å². The quantitative estimate of drug-likeness (QED) is 0.659. The molecule has 4 aliphatic carbocycles. The summed E-state index contributed by atoms with van der Waals surface area (Å²) in [6.45, 7) is 6.99. The summed E-state index contributed by atoms with van der Waals surface area (Å²) in [5.41, 5.74) is 0.216. The van der Waals surface area contributed by atoms with E-state index in [4.69, 9.17) is 5.11 Å². The molecule has 0 aromatic carbocycles. The van der Waals surface area contributed by atoms with Gasteiger partial charge in [0.15, 0.2) is 0 Å². The van der Waals surface area contributed by atoms with Crippen molar-refractivity contribution in [3.05, 3.63) is 0 Å². The van der Waals surface area contributed by atoms with Gasteiger partial charge in [-0.05, 0) is 104 Å². The second-order valence-corrected chi connectivity index (χ2v) is 11.3. The Morgan fingerprint density at radius 1 is 1.04 bits per heavy atom. The van der Waals surface area contributed by atoms with Gasteiger partial charge in [0.1, 0.15) is 0 Å². The van der Waals surface area contributed by atoms with E-state index in [1.807, 2.05) is 0 Å². The zero-order chi connectivity index (χ0) is 20.3. The number of carboxylic acid groups (broad SMARTS) is 1. The van der Waals surface area contributed by atoms with Crippen molar-refractivity contribution in [2.45, 2.75) is 97.2 Å². The number of aliphatic hydroxyl groups excluding tert-OH is 2. The number of aliphatic hydroxyl groups is 2. The van der Waals surface area contributed by atoms with Gasteiger partial charge in [-0.1, -0.05) is 20.8 Å². The number of carboxylic acids is 1. The van der Waals surface area contributed by atoms with Gasteiger partial charge in [-0.2, -0.15) is 0 Å². The molecule has 0 aliphatic heterocycles. The van der Waals surface area contributed by atoms with E-state index in [1.165, 1.54) is 19.3 Å². The summed E-state index contributed by atoms with van der Waals surface area (Å²) in [5.74, 6) is 2.55. The van der Waals surface area contributed by atoms with Crippen LogP contribution in [0.5, 0.6) is 0 Å². The van der Waals surface area contributed by atoms with Crippen LogP contribution in [0.2, 0.25) is 0 Å². The van der Waals surface area contributed by atoms with Gasteiger partial charge in [0.05, 0.1) is 12.2 Å². The maximum absolute atomic E-state index is 11.5. The average molecular weight is 393 g/mol. The summed E-state index contributed by atoms with van der Waals surface area (Å²) < 4.78 is 0. The normalized spacial score (nSPS) is 51.7. The van der Waals surface area contributed by atoms with Crippen molar-refractivity contribution >= 4 is 5.97 Å². The number of hydrogen-bond acceptors (Lipinski definition) is 3. The molecule has 4 saturated carbocycles. The van der Waals surface area contributed by atoms with Crippen molar-refractivity contribution in [1.82, 2.24) is 0 Å². The summed E-state index contributed by atoms with van der Waals surface area (Å²) in [6, 6.07) is 0. The highest BCUT2D eigenvalue weighted by atomic mass is 16.4. The van der Waals surface area contributed by atoms with Gasteiger partial charge in [0.25, 0.3) is 0 Å². The van der Waals surface area contributed by atoms with Crippen LogP contribution in [0.15, 0.2) is 0 Å². The van der Waals surface area contributed by atoms with Crippen molar-refractivity contribution in [2.75, 3.05) is 0 Å². The van der Waals surface area contributed by atoms with E-state index < -0.39 is 5.97 Å². The average Bonchev–Trinajstić information content (AvgIpc) is 3.00. The molecule has 0 amide bonds. The highest BCUT2D eigenvalue weighted by molar-refractivity contribution is 5.66. The van der Waals surface area contributed by atoms with Gasteiger partial charge in [0, 0.05) is 6.42 Å². The second-order valence-electron chi connectivity index (χ2n) is 11.3. The Hall–Kier alpha value is -0.610. The maximum Gasteiger partial charge on any atom is 0.303 e. The molecule has 28 heavy (non-hydrogen) atoms. The molecule has 5 unspecified atom stereocenters. The highest BCUT2D eigenvalue weighted by Crippen LogP contribution is 2.68. The Bertz CT molecular complexity index is 605. The van der Waals surface area contributed by atoms with E-state index in [-0.39, 0.29) is 29.5 Å². The van der Waals surface area contributed by atoms with E-state index >= 15 is 0 Å². The molecule has 4 heteroatoms. The lowest BCUT2D eigenvalue weighted by atomic mass is 9.43. The van der Waals surface area contributed by atoms with Crippen molar-refractivity contribution in [3.63, 3.8) is 0 Å². The van der Waals surface area contributed by atoms with Crippen molar-refractivity contribution in [1.29, 1.82) is 0 Å². The lowest BCUT2D eigenvalue weighted by Gasteiger charge is -2.62. The summed E-state index contributed by atoms with van der Waals surface area (Å²) in [6.07, 6.45) is 9.26. The number of fused-ring (bicyclic) bond motifs is 5. The van der Waals surface area contributed by atoms with Crippen LogP contribution in [0.3, 0.4) is 0 Å². The monoisotopic (exact) mass is 392 g/mol. The van der Waals surface area contributed by atoms with Crippen LogP contribution < -0.4 is 0 Å². The van der Waals surface area contributed by atoms with Gasteiger partial charge in [-0.25, -0.2) is 0 Å². The number of carbonyl (C=O) groups is 1. The van der Waals surface area contributed by atoms with Crippen LogP contribution in [0.4, 0.5) is 0 Å². The minimum Gasteiger partial charge on any atom is -0.481 e. The highest BCUT2D eigenvalue weighted by Gasteiger charge is 2.63. The predicted molar refractivity (Wildman–Crippen MR) is 109 cm³/mol. The van der Waals surface area contributed by atoms with Crippen LogP contribution >= 0.6 is 0 Å². The standard InChI is InChI=1S/C24H40O4/c1-14(4-9-22(27)28)18-7-8-19-17-6-5-15-12-16(25)10-11-23(15,2)20(17)13-21(26)24(18,19)3/h14-21,25-26H,4-13H2,1-3H3,(H,27,28)/t14?,15-,16+,17?,18?,19?,20?,21-,23-,24+/m0/s1. The lowest BCUT2D eigenvalue weighted by Crippen LogP contribution is -2.58. The third kappa shape index (κ3) is 3.05. The molecule has 0 bridgehead atoms. The number of aliphatic carboxylic acids is 1. The first-order valence-electron chi connectivity index (χ1n) is 11.8. The minimum absolute atomic E-state index is 0.0591. The molecule has 3 N–H and O–H groups in total. The van der Waals surface area contributed by atoms with E-state index in [9.17, 15) is 15.0 Å². The molecule has 0 saturated heterocycles. The SMILES string of the molecule is CC(CCC(=O)O)C1CCC2C3CC[C@H]4C[C@H](O)CC[C@]4(C)C3C[C@H](O)[C@]12C. The molecule has 4 rings (SSSR count). The fraction of sp³-hybridized carbons (Fsp3) is 0.958. The Morgan fingerprint density at radius 3 is 2.50 bits per heavy atom. The van der Waals surface area contributed by atoms with Crippen LogP contribution in [0, 0.1) is 46.3 Å². The Balaban J connectivity index is 1.56.